The summed E-state index contributed by atoms with van der Waals surface area (Å²) in [5.41, 5.74) is 7.60. The number of halogens is 1. The van der Waals surface area contributed by atoms with Crippen LogP contribution in [0.4, 0.5) is 11.5 Å². The summed E-state index contributed by atoms with van der Waals surface area (Å²) in [4.78, 5) is 4.16. The van der Waals surface area contributed by atoms with Crippen molar-refractivity contribution in [3.8, 4) is 0 Å². The normalized spacial score (nSPS) is 12.4. The minimum absolute atomic E-state index is 0.183. The smallest absolute Gasteiger partial charge is 0.149 e. The summed E-state index contributed by atoms with van der Waals surface area (Å²) in [6, 6.07) is 3.95. The molecule has 1 atom stereocenters. The van der Waals surface area contributed by atoms with Gasteiger partial charge in [0.15, 0.2) is 0 Å². The molecule has 0 fully saturated rings. The average Bonchev–Trinajstić information content (AvgIpc) is 2.75. The fraction of sp³-hybridized carbons (Fsp3) is 0.182. The molecule has 0 radical (unpaired) electrons. The van der Waals surface area contributed by atoms with E-state index in [1.165, 1.54) is 5.56 Å². The Hall–Kier alpha value is -1.26. The zero-order valence-corrected chi connectivity index (χ0v) is 10.3. The van der Waals surface area contributed by atoms with Gasteiger partial charge < -0.3 is 11.1 Å². The quantitative estimate of drug-likeness (QED) is 0.880. The number of hydrogen-bond donors (Lipinski definition) is 2. The average molecular weight is 254 g/mol. The largest absolute Gasteiger partial charge is 0.396 e. The molecule has 2 rings (SSSR count). The number of anilines is 2. The number of aromatic nitrogens is 1. The number of nitrogens with zero attached hydrogens (tertiary/aromatic N) is 1. The maximum Gasteiger partial charge on any atom is 0.149 e. The number of pyridine rings is 1. The van der Waals surface area contributed by atoms with Gasteiger partial charge in [-0.3, -0.25) is 0 Å². The highest BCUT2D eigenvalue weighted by molar-refractivity contribution is 7.07. The summed E-state index contributed by atoms with van der Waals surface area (Å²) in [5, 5.41) is 7.95. The minimum atomic E-state index is 0.183. The second-order valence-electron chi connectivity index (χ2n) is 3.51. The maximum atomic E-state index is 5.82. The Balaban J connectivity index is 2.15. The lowest BCUT2D eigenvalue weighted by Gasteiger charge is -2.14. The molecule has 2 aromatic rings. The van der Waals surface area contributed by atoms with E-state index in [2.05, 4.69) is 28.7 Å². The molecule has 3 N–H and O–H groups in total. The van der Waals surface area contributed by atoms with Gasteiger partial charge in [0.1, 0.15) is 5.82 Å². The molecule has 16 heavy (non-hydrogen) atoms. The van der Waals surface area contributed by atoms with Gasteiger partial charge >= 0.3 is 0 Å². The van der Waals surface area contributed by atoms with Crippen molar-refractivity contribution in [2.45, 2.75) is 13.0 Å². The molecule has 1 unspecified atom stereocenters. The van der Waals surface area contributed by atoms with E-state index in [0.29, 0.717) is 16.5 Å². The highest BCUT2D eigenvalue weighted by Crippen LogP contribution is 2.25. The van der Waals surface area contributed by atoms with Crippen LogP contribution >= 0.6 is 22.9 Å². The molecule has 3 nitrogen and oxygen atoms in total. The van der Waals surface area contributed by atoms with Crippen LogP contribution in [0.5, 0.6) is 0 Å². The number of hydrogen-bond acceptors (Lipinski definition) is 4. The molecule has 0 aliphatic heterocycles. The summed E-state index contributed by atoms with van der Waals surface area (Å²) >= 11 is 7.46. The fourth-order valence-corrected chi connectivity index (χ4v) is 2.31. The molecule has 2 heterocycles. The Labute approximate surface area is 103 Å². The first-order valence-corrected chi connectivity index (χ1v) is 6.18. The molecule has 5 heteroatoms. The second kappa shape index (κ2) is 4.72. The van der Waals surface area contributed by atoms with Crippen molar-refractivity contribution in [3.05, 3.63) is 39.7 Å². The van der Waals surface area contributed by atoms with E-state index in [-0.39, 0.29) is 6.04 Å². The molecule has 0 bridgehead atoms. The maximum absolute atomic E-state index is 5.82. The Morgan fingerprint density at radius 1 is 1.56 bits per heavy atom. The van der Waals surface area contributed by atoms with Crippen LogP contribution in [0.1, 0.15) is 18.5 Å². The van der Waals surface area contributed by atoms with Crippen molar-refractivity contribution >= 4 is 34.4 Å². The van der Waals surface area contributed by atoms with E-state index in [9.17, 15) is 0 Å². The Morgan fingerprint density at radius 3 is 3.00 bits per heavy atom. The van der Waals surface area contributed by atoms with Crippen LogP contribution in [0.2, 0.25) is 5.02 Å². The summed E-state index contributed by atoms with van der Waals surface area (Å²) in [6.07, 6.45) is 1.58. The lowest BCUT2D eigenvalue weighted by molar-refractivity contribution is 0.881. The molecule has 0 spiro atoms. The number of thiophene rings is 1. The molecule has 0 aromatic carbocycles. The van der Waals surface area contributed by atoms with E-state index in [0.717, 1.165) is 0 Å². The zero-order valence-electron chi connectivity index (χ0n) is 8.77. The van der Waals surface area contributed by atoms with Crippen LogP contribution in [0.25, 0.3) is 0 Å². The number of nitrogens with one attached hydrogen (secondary N) is 1. The van der Waals surface area contributed by atoms with Gasteiger partial charge in [-0.1, -0.05) is 11.6 Å². The van der Waals surface area contributed by atoms with E-state index < -0.39 is 0 Å². The second-order valence-corrected chi connectivity index (χ2v) is 4.73. The van der Waals surface area contributed by atoms with Gasteiger partial charge in [-0.05, 0) is 35.4 Å². The van der Waals surface area contributed by atoms with Gasteiger partial charge in [-0.15, -0.1) is 0 Å². The molecule has 0 saturated carbocycles. The fourth-order valence-electron chi connectivity index (χ4n) is 1.39. The lowest BCUT2D eigenvalue weighted by Crippen LogP contribution is -2.08. The van der Waals surface area contributed by atoms with Gasteiger partial charge in [0.2, 0.25) is 0 Å². The van der Waals surface area contributed by atoms with Crippen LogP contribution in [0.3, 0.4) is 0 Å². The van der Waals surface area contributed by atoms with Crippen LogP contribution in [0, 0.1) is 0 Å². The van der Waals surface area contributed by atoms with E-state index in [4.69, 9.17) is 17.3 Å². The highest BCUT2D eigenvalue weighted by atomic mass is 35.5. The SMILES string of the molecule is CC(Nc1ncc(Cl)cc1N)c1ccsc1. The molecular formula is C11H12ClN3S. The van der Waals surface area contributed by atoms with E-state index in [1.54, 1.807) is 23.6 Å². The van der Waals surface area contributed by atoms with Crippen molar-refractivity contribution in [3.63, 3.8) is 0 Å². The molecule has 0 amide bonds. The van der Waals surface area contributed by atoms with E-state index in [1.807, 2.05) is 5.38 Å². The van der Waals surface area contributed by atoms with Gasteiger partial charge in [-0.25, -0.2) is 4.98 Å². The molecule has 0 aliphatic carbocycles. The third kappa shape index (κ3) is 2.46. The van der Waals surface area contributed by atoms with Crippen molar-refractivity contribution in [1.82, 2.24) is 4.98 Å². The first-order valence-electron chi connectivity index (χ1n) is 4.86. The Morgan fingerprint density at radius 2 is 2.38 bits per heavy atom. The minimum Gasteiger partial charge on any atom is -0.396 e. The molecular weight excluding hydrogens is 242 g/mol. The number of rotatable bonds is 3. The summed E-state index contributed by atoms with van der Waals surface area (Å²) in [5.74, 6) is 0.670. The van der Waals surface area contributed by atoms with Gasteiger partial charge in [0, 0.05) is 6.20 Å². The van der Waals surface area contributed by atoms with Crippen LogP contribution in [0.15, 0.2) is 29.1 Å². The van der Waals surface area contributed by atoms with Crippen molar-refractivity contribution in [2.24, 2.45) is 0 Å². The van der Waals surface area contributed by atoms with Crippen molar-refractivity contribution < 1.29 is 0 Å². The summed E-state index contributed by atoms with van der Waals surface area (Å²) in [6.45, 7) is 2.07. The molecule has 2 aromatic heterocycles. The lowest BCUT2D eigenvalue weighted by atomic mass is 10.2. The third-order valence-corrected chi connectivity index (χ3v) is 3.19. The van der Waals surface area contributed by atoms with Crippen LogP contribution in [-0.4, -0.2) is 4.98 Å². The van der Waals surface area contributed by atoms with Gasteiger partial charge in [0.25, 0.3) is 0 Å². The van der Waals surface area contributed by atoms with Gasteiger partial charge in [-0.2, -0.15) is 11.3 Å². The standard InChI is InChI=1S/C11H12ClN3S/c1-7(8-2-3-16-6-8)15-11-10(13)4-9(12)5-14-11/h2-7H,13H2,1H3,(H,14,15). The molecule has 0 aliphatic rings. The van der Waals surface area contributed by atoms with Crippen molar-refractivity contribution in [2.75, 3.05) is 11.1 Å². The number of nitrogens with two attached hydrogens (primary N) is 1. The topological polar surface area (TPSA) is 50.9 Å². The predicted octanol–water partition coefficient (Wildman–Crippen LogP) is 3.55. The van der Waals surface area contributed by atoms with Crippen molar-refractivity contribution in [1.29, 1.82) is 0 Å². The predicted molar refractivity (Wildman–Crippen MR) is 70.0 cm³/mol. The Kier molecular flexibility index (Phi) is 3.31. The number of nitrogen functional groups attached to an aromatic ring is 1. The Bertz CT molecular complexity index is 470. The summed E-state index contributed by atoms with van der Waals surface area (Å²) in [7, 11) is 0. The van der Waals surface area contributed by atoms with Gasteiger partial charge in [0.05, 0.1) is 16.8 Å². The molecule has 0 saturated heterocycles. The third-order valence-electron chi connectivity index (χ3n) is 2.28. The van der Waals surface area contributed by atoms with E-state index >= 15 is 0 Å². The monoisotopic (exact) mass is 253 g/mol. The zero-order chi connectivity index (χ0) is 11.5. The molecule has 84 valence electrons. The van der Waals surface area contributed by atoms with Crippen LogP contribution in [-0.2, 0) is 0 Å². The highest BCUT2D eigenvalue weighted by Gasteiger charge is 2.08. The first-order chi connectivity index (χ1) is 7.66. The first kappa shape index (κ1) is 11.2. The van der Waals surface area contributed by atoms with Crippen LogP contribution < -0.4 is 11.1 Å². The summed E-state index contributed by atoms with van der Waals surface area (Å²) < 4.78 is 0.